The van der Waals surface area contributed by atoms with E-state index in [4.69, 9.17) is 9.72 Å². The van der Waals surface area contributed by atoms with Gasteiger partial charge >= 0.3 is 0 Å². The molecule has 0 spiro atoms. The van der Waals surface area contributed by atoms with Gasteiger partial charge in [-0.15, -0.1) is 0 Å². The lowest BCUT2D eigenvalue weighted by atomic mass is 10.2. The highest BCUT2D eigenvalue weighted by molar-refractivity contribution is 7.89. The Morgan fingerprint density at radius 1 is 1.03 bits per heavy atom. The van der Waals surface area contributed by atoms with Crippen LogP contribution in [0.25, 0.3) is 10.2 Å². The van der Waals surface area contributed by atoms with Crippen LogP contribution in [0.15, 0.2) is 65.8 Å². The molecular formula is C28H32N4O4S2. The summed E-state index contributed by atoms with van der Waals surface area (Å²) in [6, 6.07) is 13.7. The van der Waals surface area contributed by atoms with Crippen molar-refractivity contribution in [2.24, 2.45) is 0 Å². The van der Waals surface area contributed by atoms with Gasteiger partial charge in [-0.1, -0.05) is 37.3 Å². The maximum atomic E-state index is 13.8. The van der Waals surface area contributed by atoms with Crippen LogP contribution in [0.1, 0.15) is 48.2 Å². The van der Waals surface area contributed by atoms with Crippen LogP contribution in [-0.4, -0.2) is 48.8 Å². The number of pyridine rings is 1. The number of methoxy groups -OCH3 is 1. The van der Waals surface area contributed by atoms with Crippen LogP contribution < -0.4 is 9.64 Å². The van der Waals surface area contributed by atoms with Crippen LogP contribution in [0, 0.1) is 6.92 Å². The summed E-state index contributed by atoms with van der Waals surface area (Å²) in [5.41, 5.74) is 2.95. The Morgan fingerprint density at radius 2 is 1.74 bits per heavy atom. The molecule has 0 saturated carbocycles. The second-order valence-corrected chi connectivity index (χ2v) is 11.9. The first-order valence-electron chi connectivity index (χ1n) is 12.5. The van der Waals surface area contributed by atoms with Crippen LogP contribution in [0.3, 0.4) is 0 Å². The molecule has 2 aromatic carbocycles. The van der Waals surface area contributed by atoms with Crippen molar-refractivity contribution in [2.75, 3.05) is 25.1 Å². The van der Waals surface area contributed by atoms with E-state index in [0.717, 1.165) is 28.7 Å². The molecule has 0 radical (unpaired) electrons. The van der Waals surface area contributed by atoms with Crippen molar-refractivity contribution < 1.29 is 17.9 Å². The van der Waals surface area contributed by atoms with Gasteiger partial charge in [0, 0.05) is 31.0 Å². The van der Waals surface area contributed by atoms with Crippen LogP contribution in [0.2, 0.25) is 0 Å². The molecule has 0 bridgehead atoms. The number of fused-ring (bicyclic) bond motifs is 1. The van der Waals surface area contributed by atoms with Crippen molar-refractivity contribution in [3.8, 4) is 5.75 Å². The number of carbonyl (C=O) groups excluding carboxylic acids is 1. The lowest BCUT2D eigenvalue weighted by Gasteiger charge is -2.22. The number of rotatable bonds is 11. The molecule has 0 saturated heterocycles. The van der Waals surface area contributed by atoms with Crippen molar-refractivity contribution in [3.63, 3.8) is 0 Å². The lowest BCUT2D eigenvalue weighted by molar-refractivity contribution is 0.0985. The summed E-state index contributed by atoms with van der Waals surface area (Å²) in [7, 11) is -2.05. The molecule has 0 aliphatic carbocycles. The highest BCUT2D eigenvalue weighted by Crippen LogP contribution is 2.37. The van der Waals surface area contributed by atoms with E-state index in [-0.39, 0.29) is 17.3 Å². The molecule has 0 N–H and O–H groups in total. The number of benzene rings is 2. The fourth-order valence-electron chi connectivity index (χ4n) is 4.20. The van der Waals surface area contributed by atoms with Gasteiger partial charge < -0.3 is 4.74 Å². The molecule has 0 aliphatic rings. The van der Waals surface area contributed by atoms with Crippen LogP contribution in [0.5, 0.6) is 5.75 Å². The number of anilines is 1. The number of hydrogen-bond acceptors (Lipinski definition) is 7. The third-order valence-corrected chi connectivity index (χ3v) is 9.26. The van der Waals surface area contributed by atoms with Crippen molar-refractivity contribution >= 4 is 42.6 Å². The fraction of sp³-hybridized carbons (Fsp3) is 0.321. The summed E-state index contributed by atoms with van der Waals surface area (Å²) >= 11 is 1.42. The van der Waals surface area contributed by atoms with Gasteiger partial charge in [0.15, 0.2) is 5.13 Å². The Morgan fingerprint density at radius 3 is 2.34 bits per heavy atom. The Hall–Kier alpha value is -3.34. The molecule has 200 valence electrons. The van der Waals surface area contributed by atoms with Gasteiger partial charge in [0.1, 0.15) is 11.3 Å². The van der Waals surface area contributed by atoms with E-state index in [2.05, 4.69) is 4.98 Å². The molecule has 2 heterocycles. The minimum atomic E-state index is -3.64. The quantitative estimate of drug-likeness (QED) is 0.238. The zero-order valence-electron chi connectivity index (χ0n) is 22.0. The topological polar surface area (TPSA) is 92.7 Å². The first kappa shape index (κ1) is 27.7. The number of amides is 1. The minimum absolute atomic E-state index is 0.176. The van der Waals surface area contributed by atoms with Crippen LogP contribution >= 0.6 is 11.3 Å². The molecule has 10 heteroatoms. The number of aromatic nitrogens is 2. The van der Waals surface area contributed by atoms with Crippen LogP contribution in [-0.2, 0) is 16.6 Å². The molecule has 0 atom stereocenters. The largest absolute Gasteiger partial charge is 0.494 e. The van der Waals surface area contributed by atoms with Gasteiger partial charge in [-0.25, -0.2) is 13.4 Å². The van der Waals surface area contributed by atoms with Gasteiger partial charge in [0.2, 0.25) is 10.0 Å². The number of thiazole rings is 1. The van der Waals surface area contributed by atoms with Crippen molar-refractivity contribution in [1.29, 1.82) is 0 Å². The number of sulfonamides is 1. The molecular weight excluding hydrogens is 520 g/mol. The number of nitrogens with zero attached hydrogens (tertiary/aromatic N) is 4. The molecule has 4 rings (SSSR count). The van der Waals surface area contributed by atoms with Gasteiger partial charge in [-0.05, 0) is 67.3 Å². The Labute approximate surface area is 228 Å². The third-order valence-electron chi connectivity index (χ3n) is 6.14. The first-order valence-corrected chi connectivity index (χ1v) is 14.8. The van der Waals surface area contributed by atoms with E-state index in [1.807, 2.05) is 45.0 Å². The van der Waals surface area contributed by atoms with Crippen molar-refractivity contribution in [1.82, 2.24) is 14.3 Å². The van der Waals surface area contributed by atoms with Gasteiger partial charge in [-0.3, -0.25) is 14.7 Å². The highest BCUT2D eigenvalue weighted by Gasteiger charge is 2.26. The summed E-state index contributed by atoms with van der Waals surface area (Å²) in [6.45, 7) is 7.07. The molecule has 38 heavy (non-hydrogen) atoms. The Bertz CT molecular complexity index is 1500. The van der Waals surface area contributed by atoms with E-state index in [0.29, 0.717) is 35.1 Å². The third kappa shape index (κ3) is 5.72. The Balaban J connectivity index is 1.72. The van der Waals surface area contributed by atoms with E-state index in [1.165, 1.54) is 27.8 Å². The molecule has 1 amide bonds. The van der Waals surface area contributed by atoms with Crippen LogP contribution in [0.4, 0.5) is 5.13 Å². The second kappa shape index (κ2) is 12.0. The minimum Gasteiger partial charge on any atom is -0.494 e. The smallest absolute Gasteiger partial charge is 0.260 e. The van der Waals surface area contributed by atoms with E-state index < -0.39 is 10.0 Å². The fourth-order valence-corrected chi connectivity index (χ4v) is 6.88. The second-order valence-electron chi connectivity index (χ2n) is 8.94. The summed E-state index contributed by atoms with van der Waals surface area (Å²) < 4.78 is 34.3. The van der Waals surface area contributed by atoms with Gasteiger partial charge in [0.25, 0.3) is 5.91 Å². The van der Waals surface area contributed by atoms with Crippen molar-refractivity contribution in [3.05, 3.63) is 77.6 Å². The molecule has 0 fully saturated rings. The van der Waals surface area contributed by atoms with E-state index in [9.17, 15) is 13.2 Å². The number of ether oxygens (including phenoxy) is 1. The molecule has 0 aliphatic heterocycles. The average Bonchev–Trinajstić information content (AvgIpc) is 3.38. The number of hydrogen-bond donors (Lipinski definition) is 0. The molecule has 8 nitrogen and oxygen atoms in total. The molecule has 4 aromatic rings. The zero-order chi connectivity index (χ0) is 27.3. The zero-order valence-corrected chi connectivity index (χ0v) is 23.7. The SMILES string of the molecule is CCCN(CCC)S(=O)(=O)c1ccc(C(=O)N(Cc2cccnc2)c2nc3c(OC)ccc(C)c3s2)cc1. The maximum absolute atomic E-state index is 13.8. The summed E-state index contributed by atoms with van der Waals surface area (Å²) in [5, 5.41) is 0.523. The highest BCUT2D eigenvalue weighted by atomic mass is 32.2. The van der Waals surface area contributed by atoms with Gasteiger partial charge in [0.05, 0.1) is 23.2 Å². The van der Waals surface area contributed by atoms with E-state index >= 15 is 0 Å². The standard InChI is InChI=1S/C28H32N4O4S2/c1-5-16-31(17-6-2)38(34,35)23-12-10-22(11-13-23)27(33)32(19-21-8-7-15-29-18-21)28-30-25-24(36-4)14-9-20(3)26(25)37-28/h7-15,18H,5-6,16-17,19H2,1-4H3. The summed E-state index contributed by atoms with van der Waals surface area (Å²) in [5.74, 6) is 0.354. The summed E-state index contributed by atoms with van der Waals surface area (Å²) in [4.78, 5) is 24.6. The lowest BCUT2D eigenvalue weighted by Crippen LogP contribution is -2.33. The van der Waals surface area contributed by atoms with E-state index in [1.54, 1.807) is 36.5 Å². The predicted octanol–water partition coefficient (Wildman–Crippen LogP) is 5.67. The molecule has 2 aromatic heterocycles. The normalized spacial score (nSPS) is 11.7. The monoisotopic (exact) mass is 552 g/mol. The Kier molecular flexibility index (Phi) is 8.76. The molecule has 0 unspecified atom stereocenters. The van der Waals surface area contributed by atoms with Gasteiger partial charge in [-0.2, -0.15) is 4.31 Å². The summed E-state index contributed by atoms with van der Waals surface area (Å²) in [6.07, 6.45) is 4.85. The number of aryl methyl sites for hydroxylation is 1. The first-order chi connectivity index (χ1) is 18.3. The predicted molar refractivity (Wildman–Crippen MR) is 151 cm³/mol. The maximum Gasteiger partial charge on any atom is 0.260 e. The number of carbonyl (C=O) groups is 1. The van der Waals surface area contributed by atoms with Crippen molar-refractivity contribution in [2.45, 2.75) is 45.1 Å². The average molecular weight is 553 g/mol.